The molecule has 2 unspecified atom stereocenters. The number of benzene rings is 2. The topological polar surface area (TPSA) is 76.7 Å². The summed E-state index contributed by atoms with van der Waals surface area (Å²) in [6.45, 7) is 7.91. The summed E-state index contributed by atoms with van der Waals surface area (Å²) in [6.07, 6.45) is 1.53. The highest BCUT2D eigenvalue weighted by Crippen LogP contribution is 2.27. The number of aryl methyl sites for hydroxylation is 1. The smallest absolute Gasteiger partial charge is 0.294 e. The van der Waals surface area contributed by atoms with E-state index in [-0.39, 0.29) is 29.4 Å². The van der Waals surface area contributed by atoms with E-state index >= 15 is 0 Å². The second kappa shape index (κ2) is 9.62. The molecule has 0 spiro atoms. The highest BCUT2D eigenvalue weighted by molar-refractivity contribution is 6.44. The van der Waals surface area contributed by atoms with Crippen LogP contribution in [0, 0.1) is 12.7 Å². The number of hydrogen-bond donors (Lipinski definition) is 1. The standard InChI is InChI=1S/C27H31FN4O3/c1-16-10-24-22(23(12-29-24)25(33)27(35)30(4)5)11-21(16)26(34)32-14-17(2)31(13-18(32)3)15-19-6-8-20(28)9-7-19/h6-12,17-18,29H,13-15H2,1-5H3. The van der Waals surface area contributed by atoms with Gasteiger partial charge in [-0.25, -0.2) is 4.39 Å². The van der Waals surface area contributed by atoms with Crippen LogP contribution in [0.15, 0.2) is 42.6 Å². The van der Waals surface area contributed by atoms with Gasteiger partial charge in [0.1, 0.15) is 5.82 Å². The number of halogens is 1. The van der Waals surface area contributed by atoms with Gasteiger partial charge in [0, 0.05) is 68.5 Å². The minimum atomic E-state index is -0.612. The molecule has 8 heteroatoms. The number of hydrogen-bond acceptors (Lipinski definition) is 4. The van der Waals surface area contributed by atoms with E-state index in [1.807, 2.05) is 24.8 Å². The number of carbonyl (C=O) groups is 3. The summed E-state index contributed by atoms with van der Waals surface area (Å²) in [6, 6.07) is 10.2. The van der Waals surface area contributed by atoms with Crippen LogP contribution in [-0.4, -0.2) is 76.5 Å². The Labute approximate surface area is 204 Å². The van der Waals surface area contributed by atoms with Gasteiger partial charge in [-0.2, -0.15) is 0 Å². The van der Waals surface area contributed by atoms with Crippen molar-refractivity contribution < 1.29 is 18.8 Å². The van der Waals surface area contributed by atoms with Crippen LogP contribution in [0.2, 0.25) is 0 Å². The van der Waals surface area contributed by atoms with Gasteiger partial charge in [0.2, 0.25) is 0 Å². The van der Waals surface area contributed by atoms with E-state index in [0.29, 0.717) is 36.1 Å². The maximum Gasteiger partial charge on any atom is 0.294 e. The number of carbonyl (C=O) groups excluding carboxylic acids is 3. The van der Waals surface area contributed by atoms with Gasteiger partial charge in [-0.3, -0.25) is 19.3 Å². The molecular formula is C27H31FN4O3. The number of nitrogens with zero attached hydrogens (tertiary/aromatic N) is 3. The van der Waals surface area contributed by atoms with Crippen LogP contribution < -0.4 is 0 Å². The number of aromatic nitrogens is 1. The minimum absolute atomic E-state index is 0.0307. The molecule has 184 valence electrons. The fourth-order valence-corrected chi connectivity index (χ4v) is 4.69. The lowest BCUT2D eigenvalue weighted by Crippen LogP contribution is -2.57. The summed E-state index contributed by atoms with van der Waals surface area (Å²) in [5, 5.41) is 0.565. The van der Waals surface area contributed by atoms with Gasteiger partial charge in [0.05, 0.1) is 5.56 Å². The van der Waals surface area contributed by atoms with Gasteiger partial charge >= 0.3 is 0 Å². The fraction of sp³-hybridized carbons (Fsp3) is 0.370. The van der Waals surface area contributed by atoms with E-state index in [1.165, 1.54) is 37.3 Å². The maximum atomic E-state index is 13.7. The first-order valence-electron chi connectivity index (χ1n) is 11.7. The van der Waals surface area contributed by atoms with Crippen LogP contribution in [0.5, 0.6) is 0 Å². The van der Waals surface area contributed by atoms with E-state index in [1.54, 1.807) is 18.2 Å². The molecule has 0 bridgehead atoms. The van der Waals surface area contributed by atoms with Gasteiger partial charge in [0.25, 0.3) is 17.6 Å². The Morgan fingerprint density at radius 2 is 1.71 bits per heavy atom. The van der Waals surface area contributed by atoms with Gasteiger partial charge in [-0.05, 0) is 56.2 Å². The lowest BCUT2D eigenvalue weighted by atomic mass is 9.99. The number of ketones is 1. The highest BCUT2D eigenvalue weighted by Gasteiger charge is 2.33. The molecule has 1 aliphatic rings. The van der Waals surface area contributed by atoms with Crippen molar-refractivity contribution in [2.45, 2.75) is 39.4 Å². The number of Topliss-reactive ketones (excluding diaryl/α,β-unsaturated/α-hetero) is 1. The number of aromatic amines is 1. The zero-order valence-electron chi connectivity index (χ0n) is 20.8. The summed E-state index contributed by atoms with van der Waals surface area (Å²) in [5.41, 5.74) is 3.33. The lowest BCUT2D eigenvalue weighted by Gasteiger charge is -2.44. The van der Waals surface area contributed by atoms with Gasteiger partial charge < -0.3 is 14.8 Å². The monoisotopic (exact) mass is 478 g/mol. The molecule has 0 aliphatic carbocycles. The van der Waals surface area contributed by atoms with Gasteiger partial charge in [-0.15, -0.1) is 0 Å². The zero-order valence-corrected chi connectivity index (χ0v) is 20.8. The van der Waals surface area contributed by atoms with E-state index < -0.39 is 11.7 Å². The fourth-order valence-electron chi connectivity index (χ4n) is 4.69. The van der Waals surface area contributed by atoms with Crippen molar-refractivity contribution in [2.24, 2.45) is 0 Å². The highest BCUT2D eigenvalue weighted by atomic mass is 19.1. The minimum Gasteiger partial charge on any atom is -0.360 e. The second-order valence-corrected chi connectivity index (χ2v) is 9.66. The first-order chi connectivity index (χ1) is 16.6. The van der Waals surface area contributed by atoms with E-state index in [4.69, 9.17) is 0 Å². The number of fused-ring (bicyclic) bond motifs is 1. The van der Waals surface area contributed by atoms with Crippen molar-refractivity contribution in [3.63, 3.8) is 0 Å². The Morgan fingerprint density at radius 1 is 1.03 bits per heavy atom. The Hall–Kier alpha value is -3.52. The number of nitrogens with one attached hydrogen (secondary N) is 1. The molecule has 2 heterocycles. The number of piperazine rings is 1. The molecule has 0 radical (unpaired) electrons. The van der Waals surface area contributed by atoms with Gasteiger partial charge in [-0.1, -0.05) is 12.1 Å². The Kier molecular flexibility index (Phi) is 6.76. The Morgan fingerprint density at radius 3 is 2.37 bits per heavy atom. The summed E-state index contributed by atoms with van der Waals surface area (Å²) in [4.78, 5) is 47.1. The number of H-pyrrole nitrogens is 1. The summed E-state index contributed by atoms with van der Waals surface area (Å²) in [5.74, 6) is -1.57. The first kappa shape index (κ1) is 24.6. The van der Waals surface area contributed by atoms with Crippen molar-refractivity contribution >= 4 is 28.5 Å². The average Bonchev–Trinajstić information content (AvgIpc) is 3.23. The Bertz CT molecular complexity index is 1280. The average molecular weight is 479 g/mol. The second-order valence-electron chi connectivity index (χ2n) is 9.66. The molecule has 1 N–H and O–H groups in total. The molecule has 0 saturated carbocycles. The normalized spacial score (nSPS) is 18.6. The van der Waals surface area contributed by atoms with Crippen LogP contribution >= 0.6 is 0 Å². The summed E-state index contributed by atoms with van der Waals surface area (Å²) < 4.78 is 13.3. The van der Waals surface area contributed by atoms with E-state index in [9.17, 15) is 18.8 Å². The third-order valence-electron chi connectivity index (χ3n) is 6.78. The lowest BCUT2D eigenvalue weighted by molar-refractivity contribution is -0.124. The third kappa shape index (κ3) is 4.84. The van der Waals surface area contributed by atoms with Crippen LogP contribution in [0.3, 0.4) is 0 Å². The molecule has 2 atom stereocenters. The van der Waals surface area contributed by atoms with E-state index in [0.717, 1.165) is 11.1 Å². The predicted molar refractivity (Wildman–Crippen MR) is 133 cm³/mol. The SMILES string of the molecule is Cc1cc2[nH]cc(C(=O)C(=O)N(C)C)c2cc1C(=O)N1CC(C)N(Cc2ccc(F)cc2)CC1C. The van der Waals surface area contributed by atoms with Crippen molar-refractivity contribution in [2.75, 3.05) is 27.2 Å². The van der Waals surface area contributed by atoms with Crippen molar-refractivity contribution in [3.05, 3.63) is 70.7 Å². The Balaban J connectivity index is 1.57. The molecule has 2 amide bonds. The molecule has 3 aromatic rings. The zero-order chi connectivity index (χ0) is 25.4. The van der Waals surface area contributed by atoms with Crippen molar-refractivity contribution in [3.8, 4) is 0 Å². The van der Waals surface area contributed by atoms with Crippen LogP contribution in [0.25, 0.3) is 10.9 Å². The third-order valence-corrected chi connectivity index (χ3v) is 6.78. The molecule has 2 aromatic carbocycles. The molecular weight excluding hydrogens is 447 g/mol. The van der Waals surface area contributed by atoms with Crippen LogP contribution in [-0.2, 0) is 11.3 Å². The quantitative estimate of drug-likeness (QED) is 0.449. The van der Waals surface area contributed by atoms with Crippen molar-refractivity contribution in [1.82, 2.24) is 19.7 Å². The maximum absolute atomic E-state index is 13.7. The first-order valence-corrected chi connectivity index (χ1v) is 11.7. The number of rotatable bonds is 5. The van der Waals surface area contributed by atoms with E-state index in [2.05, 4.69) is 16.8 Å². The number of likely N-dealkylation sites (N-methyl/N-ethyl adjacent to an activating group) is 1. The molecule has 4 rings (SSSR count). The van der Waals surface area contributed by atoms with Crippen LogP contribution in [0.4, 0.5) is 4.39 Å². The molecule has 1 aromatic heterocycles. The molecule has 1 fully saturated rings. The summed E-state index contributed by atoms with van der Waals surface area (Å²) in [7, 11) is 3.07. The molecule has 7 nitrogen and oxygen atoms in total. The summed E-state index contributed by atoms with van der Waals surface area (Å²) >= 11 is 0. The number of amides is 2. The molecule has 1 saturated heterocycles. The molecule has 35 heavy (non-hydrogen) atoms. The van der Waals surface area contributed by atoms with Gasteiger partial charge in [0.15, 0.2) is 0 Å². The van der Waals surface area contributed by atoms with Crippen LogP contribution in [0.1, 0.15) is 45.7 Å². The van der Waals surface area contributed by atoms with Crippen molar-refractivity contribution in [1.29, 1.82) is 0 Å². The largest absolute Gasteiger partial charge is 0.360 e. The predicted octanol–water partition coefficient (Wildman–Crippen LogP) is 3.62. The molecule has 1 aliphatic heterocycles.